The Kier molecular flexibility index (Phi) is 7.41. The maximum atomic E-state index is 10.5. The predicted molar refractivity (Wildman–Crippen MR) is 69.6 cm³/mol. The first-order chi connectivity index (χ1) is 8.77. The summed E-state index contributed by atoms with van der Waals surface area (Å²) in [6.45, 7) is 2.26. The summed E-state index contributed by atoms with van der Waals surface area (Å²) in [5.74, 6) is 0.558. The number of hydrogen-bond donors (Lipinski definition) is 0. The largest absolute Gasteiger partial charge is 0.490 e. The molecule has 0 aromatic heterocycles. The van der Waals surface area contributed by atoms with Crippen molar-refractivity contribution in [2.24, 2.45) is 0 Å². The molecule has 0 unspecified atom stereocenters. The lowest BCUT2D eigenvalue weighted by molar-refractivity contribution is 0.0806. The molecule has 5 heteroatoms. The summed E-state index contributed by atoms with van der Waals surface area (Å²) in [6, 6.07) is 4.91. The number of carbonyl (C=O) groups excluding carboxylic acids is 1. The number of aldehydes is 1. The van der Waals surface area contributed by atoms with Crippen LogP contribution in [0.4, 0.5) is 0 Å². The fourth-order valence-corrected chi connectivity index (χ4v) is 1.57. The molecule has 18 heavy (non-hydrogen) atoms. The highest BCUT2D eigenvalue weighted by atomic mass is 35.5. The number of carbonyl (C=O) groups is 1. The fourth-order valence-electron chi connectivity index (χ4n) is 1.33. The summed E-state index contributed by atoms with van der Waals surface area (Å²) in [5, 5.41) is 0.430. The highest BCUT2D eigenvalue weighted by molar-refractivity contribution is 6.32. The molecule has 0 bridgehead atoms. The molecule has 0 amide bonds. The van der Waals surface area contributed by atoms with E-state index in [9.17, 15) is 4.79 Å². The number of hydrogen-bond acceptors (Lipinski definition) is 4. The second-order valence-corrected chi connectivity index (χ2v) is 4.02. The van der Waals surface area contributed by atoms with Gasteiger partial charge in [0.05, 0.1) is 11.6 Å². The van der Waals surface area contributed by atoms with E-state index >= 15 is 0 Å². The van der Waals surface area contributed by atoms with Crippen LogP contribution in [0.2, 0.25) is 5.02 Å². The van der Waals surface area contributed by atoms with Crippen LogP contribution in [0.1, 0.15) is 16.8 Å². The van der Waals surface area contributed by atoms with Gasteiger partial charge in [-0.15, -0.1) is 0 Å². The molecule has 100 valence electrons. The molecule has 0 heterocycles. The summed E-state index contributed by atoms with van der Waals surface area (Å²) in [6.07, 6.45) is 1.61. The zero-order valence-electron chi connectivity index (χ0n) is 10.4. The number of halogens is 1. The van der Waals surface area contributed by atoms with E-state index in [1.54, 1.807) is 25.3 Å². The van der Waals surface area contributed by atoms with E-state index in [4.69, 9.17) is 25.8 Å². The molecule has 0 spiro atoms. The minimum absolute atomic E-state index is 0.424. The highest BCUT2D eigenvalue weighted by Gasteiger charge is 2.02. The average molecular weight is 273 g/mol. The Labute approximate surface area is 112 Å². The van der Waals surface area contributed by atoms with Crippen LogP contribution in [0.5, 0.6) is 5.75 Å². The number of methoxy groups -OCH3 is 1. The first kappa shape index (κ1) is 15.0. The van der Waals surface area contributed by atoms with Gasteiger partial charge in [-0.3, -0.25) is 4.79 Å². The zero-order valence-corrected chi connectivity index (χ0v) is 11.1. The van der Waals surface area contributed by atoms with Crippen LogP contribution in [0.3, 0.4) is 0 Å². The highest BCUT2D eigenvalue weighted by Crippen LogP contribution is 2.24. The Morgan fingerprint density at radius 1 is 1.22 bits per heavy atom. The number of ether oxygens (including phenoxy) is 3. The van der Waals surface area contributed by atoms with Gasteiger partial charge in [-0.25, -0.2) is 0 Å². The summed E-state index contributed by atoms with van der Waals surface area (Å²) in [4.78, 5) is 10.5. The van der Waals surface area contributed by atoms with Crippen molar-refractivity contribution < 1.29 is 19.0 Å². The van der Waals surface area contributed by atoms with Gasteiger partial charge in [0.1, 0.15) is 18.6 Å². The predicted octanol–water partition coefficient (Wildman–Crippen LogP) is 2.58. The average Bonchev–Trinajstić information content (AvgIpc) is 2.39. The third-order valence-corrected chi connectivity index (χ3v) is 2.51. The first-order valence-corrected chi connectivity index (χ1v) is 6.10. The maximum Gasteiger partial charge on any atom is 0.150 e. The smallest absolute Gasteiger partial charge is 0.150 e. The van der Waals surface area contributed by atoms with Gasteiger partial charge in [-0.05, 0) is 24.6 Å². The van der Waals surface area contributed by atoms with Crippen molar-refractivity contribution in [1.82, 2.24) is 0 Å². The quantitative estimate of drug-likeness (QED) is 0.512. The second kappa shape index (κ2) is 8.91. The van der Waals surface area contributed by atoms with Crippen molar-refractivity contribution in [3.8, 4) is 5.75 Å². The third kappa shape index (κ3) is 5.49. The Bertz CT molecular complexity index is 368. The standard InChI is InChI=1S/C13H17ClO4/c1-16-5-2-6-17-7-8-18-13-4-3-11(10-15)9-12(13)14/h3-4,9-10H,2,5-8H2,1H3. The van der Waals surface area contributed by atoms with Crippen LogP contribution >= 0.6 is 11.6 Å². The molecule has 0 saturated carbocycles. The van der Waals surface area contributed by atoms with Gasteiger partial charge >= 0.3 is 0 Å². The van der Waals surface area contributed by atoms with Gasteiger partial charge < -0.3 is 14.2 Å². The number of rotatable bonds is 9. The van der Waals surface area contributed by atoms with Crippen LogP contribution in [-0.2, 0) is 9.47 Å². The van der Waals surface area contributed by atoms with E-state index in [-0.39, 0.29) is 0 Å². The minimum atomic E-state index is 0.424. The van der Waals surface area contributed by atoms with Crippen molar-refractivity contribution in [2.45, 2.75) is 6.42 Å². The third-order valence-electron chi connectivity index (χ3n) is 2.21. The van der Waals surface area contributed by atoms with Crippen LogP contribution in [0.25, 0.3) is 0 Å². The van der Waals surface area contributed by atoms with Crippen LogP contribution < -0.4 is 4.74 Å². The molecule has 0 aliphatic heterocycles. The van der Waals surface area contributed by atoms with Gasteiger partial charge in [-0.1, -0.05) is 11.6 Å². The van der Waals surface area contributed by atoms with Gasteiger partial charge in [-0.2, -0.15) is 0 Å². The molecule has 0 fully saturated rings. The summed E-state index contributed by atoms with van der Waals surface area (Å²) in [7, 11) is 1.66. The molecular weight excluding hydrogens is 256 g/mol. The topological polar surface area (TPSA) is 44.8 Å². The lowest BCUT2D eigenvalue weighted by Crippen LogP contribution is -2.08. The monoisotopic (exact) mass is 272 g/mol. The Balaban J connectivity index is 2.21. The van der Waals surface area contributed by atoms with Crippen LogP contribution in [0.15, 0.2) is 18.2 Å². The van der Waals surface area contributed by atoms with Crippen molar-refractivity contribution in [1.29, 1.82) is 0 Å². The molecule has 0 saturated heterocycles. The summed E-state index contributed by atoms with van der Waals surface area (Å²) < 4.78 is 15.7. The molecule has 1 aromatic carbocycles. The van der Waals surface area contributed by atoms with Crippen LogP contribution in [-0.4, -0.2) is 39.8 Å². The lowest BCUT2D eigenvalue weighted by Gasteiger charge is -2.08. The van der Waals surface area contributed by atoms with E-state index in [1.807, 2.05) is 0 Å². The molecule has 0 atom stereocenters. The van der Waals surface area contributed by atoms with Gasteiger partial charge in [0.25, 0.3) is 0 Å². The molecule has 0 N–H and O–H groups in total. The molecule has 0 aliphatic rings. The molecule has 0 aliphatic carbocycles. The lowest BCUT2D eigenvalue weighted by atomic mass is 10.2. The van der Waals surface area contributed by atoms with Gasteiger partial charge in [0.2, 0.25) is 0 Å². The van der Waals surface area contributed by atoms with Gasteiger partial charge in [0, 0.05) is 25.9 Å². The van der Waals surface area contributed by atoms with E-state index in [0.29, 0.717) is 42.8 Å². The Morgan fingerprint density at radius 2 is 2.06 bits per heavy atom. The molecule has 1 rings (SSSR count). The van der Waals surface area contributed by atoms with Crippen LogP contribution in [0, 0.1) is 0 Å². The molecule has 4 nitrogen and oxygen atoms in total. The van der Waals surface area contributed by atoms with E-state index in [2.05, 4.69) is 0 Å². The maximum absolute atomic E-state index is 10.5. The molecule has 0 radical (unpaired) electrons. The van der Waals surface area contributed by atoms with Crippen molar-refractivity contribution in [2.75, 3.05) is 33.5 Å². The van der Waals surface area contributed by atoms with E-state index < -0.39 is 0 Å². The van der Waals surface area contributed by atoms with Crippen molar-refractivity contribution in [3.63, 3.8) is 0 Å². The number of benzene rings is 1. The fraction of sp³-hybridized carbons (Fsp3) is 0.462. The van der Waals surface area contributed by atoms with Gasteiger partial charge in [0.15, 0.2) is 0 Å². The molecular formula is C13H17ClO4. The SMILES string of the molecule is COCCCOCCOc1ccc(C=O)cc1Cl. The summed E-state index contributed by atoms with van der Waals surface area (Å²) >= 11 is 5.95. The Morgan fingerprint density at radius 3 is 2.72 bits per heavy atom. The second-order valence-electron chi connectivity index (χ2n) is 3.61. The van der Waals surface area contributed by atoms with E-state index in [0.717, 1.165) is 12.7 Å². The first-order valence-electron chi connectivity index (χ1n) is 5.72. The Hall–Kier alpha value is -1.10. The minimum Gasteiger partial charge on any atom is -0.490 e. The van der Waals surface area contributed by atoms with E-state index in [1.165, 1.54) is 0 Å². The van der Waals surface area contributed by atoms with Crippen molar-refractivity contribution in [3.05, 3.63) is 28.8 Å². The summed E-state index contributed by atoms with van der Waals surface area (Å²) in [5.41, 5.74) is 0.531. The van der Waals surface area contributed by atoms with Crippen molar-refractivity contribution >= 4 is 17.9 Å². The zero-order chi connectivity index (χ0) is 13.2. The molecule has 1 aromatic rings. The normalized spacial score (nSPS) is 10.3.